The van der Waals surface area contributed by atoms with Crippen molar-refractivity contribution in [1.82, 2.24) is 9.80 Å². The summed E-state index contributed by atoms with van der Waals surface area (Å²) in [6, 6.07) is 13.4. The summed E-state index contributed by atoms with van der Waals surface area (Å²) in [5, 5.41) is 11.1. The van der Waals surface area contributed by atoms with E-state index >= 15 is 4.79 Å². The number of amides is 3. The topological polar surface area (TPSA) is 90.4 Å². The average molecular weight is 648 g/mol. The van der Waals surface area contributed by atoms with Crippen molar-refractivity contribution in [2.45, 2.75) is 76.8 Å². The second-order valence-corrected chi connectivity index (χ2v) is 13.6. The molecular weight excluding hydrogens is 602 g/mol. The van der Waals surface area contributed by atoms with Crippen LogP contribution in [0.25, 0.3) is 0 Å². The molecule has 3 aliphatic heterocycles. The van der Waals surface area contributed by atoms with E-state index in [1.54, 1.807) is 32.9 Å². The highest BCUT2D eigenvalue weighted by molar-refractivity contribution is 6.34. The van der Waals surface area contributed by atoms with E-state index in [-0.39, 0.29) is 36.8 Å². The summed E-state index contributed by atoms with van der Waals surface area (Å²) in [5.74, 6) is -2.74. The lowest BCUT2D eigenvalue weighted by Gasteiger charge is -2.41. The van der Waals surface area contributed by atoms with E-state index in [9.17, 15) is 14.7 Å². The highest BCUT2D eigenvalue weighted by atomic mass is 35.5. The summed E-state index contributed by atoms with van der Waals surface area (Å²) in [4.78, 5) is 49.5. The van der Waals surface area contributed by atoms with Gasteiger partial charge < -0.3 is 24.5 Å². The van der Waals surface area contributed by atoms with Crippen LogP contribution in [0.1, 0.15) is 51.2 Å². The lowest BCUT2D eigenvalue weighted by atomic mass is 9.64. The molecule has 0 aliphatic carbocycles. The zero-order valence-corrected chi connectivity index (χ0v) is 28.1. The second kappa shape index (κ2) is 13.3. The number of hydrogen-bond donors (Lipinski definition) is 1. The van der Waals surface area contributed by atoms with Crippen molar-refractivity contribution in [2.24, 2.45) is 17.8 Å². The van der Waals surface area contributed by atoms with Crippen LogP contribution in [0.2, 0.25) is 5.02 Å². The van der Waals surface area contributed by atoms with Crippen LogP contribution < -0.4 is 4.90 Å². The van der Waals surface area contributed by atoms with E-state index < -0.39 is 35.1 Å². The number of likely N-dealkylation sites (tertiary alicyclic amines) is 1. The van der Waals surface area contributed by atoms with Crippen LogP contribution in [0.3, 0.4) is 0 Å². The average Bonchev–Trinajstić information content (AvgIpc) is 3.64. The smallest absolute Gasteiger partial charge is 0.253 e. The minimum absolute atomic E-state index is 0.152. The van der Waals surface area contributed by atoms with Crippen molar-refractivity contribution in [3.63, 3.8) is 0 Å². The largest absolute Gasteiger partial charge is 0.394 e. The van der Waals surface area contributed by atoms with E-state index in [4.69, 9.17) is 16.3 Å². The zero-order valence-electron chi connectivity index (χ0n) is 27.3. The van der Waals surface area contributed by atoms with Crippen LogP contribution in [0.5, 0.6) is 0 Å². The predicted octanol–water partition coefficient (Wildman–Crippen LogP) is 5.55. The normalized spacial score (nSPS) is 27.1. The summed E-state index contributed by atoms with van der Waals surface area (Å²) in [5.41, 5.74) is 0.134. The fourth-order valence-electron chi connectivity index (χ4n) is 8.21. The monoisotopic (exact) mass is 647 g/mol. The van der Waals surface area contributed by atoms with Crippen LogP contribution in [-0.2, 0) is 25.7 Å². The summed E-state index contributed by atoms with van der Waals surface area (Å²) in [6.45, 7) is 16.0. The Bertz CT molecular complexity index is 1480. The van der Waals surface area contributed by atoms with Gasteiger partial charge in [0.2, 0.25) is 11.8 Å². The molecule has 8 nitrogen and oxygen atoms in total. The summed E-state index contributed by atoms with van der Waals surface area (Å²) < 4.78 is 7.04. The third-order valence-electron chi connectivity index (χ3n) is 10.3. The molecule has 3 fully saturated rings. The van der Waals surface area contributed by atoms with E-state index in [1.807, 2.05) is 70.2 Å². The molecular formula is C37H46ClN3O5. The highest BCUT2D eigenvalue weighted by Gasteiger charge is 2.79. The molecule has 3 aliphatic rings. The number of para-hydroxylation sites is 1. The predicted molar refractivity (Wildman–Crippen MR) is 180 cm³/mol. The Labute approximate surface area is 277 Å². The molecule has 46 heavy (non-hydrogen) atoms. The Kier molecular flexibility index (Phi) is 9.83. The molecule has 3 heterocycles. The number of aliphatic hydroxyl groups excluding tert-OH is 1. The van der Waals surface area contributed by atoms with Crippen LogP contribution in [0.4, 0.5) is 5.69 Å². The first-order valence-electron chi connectivity index (χ1n) is 16.3. The minimum Gasteiger partial charge on any atom is -0.394 e. The summed E-state index contributed by atoms with van der Waals surface area (Å²) in [6.07, 6.45) is 4.81. The molecule has 0 radical (unpaired) electrons. The number of nitrogens with zero attached hydrogens (tertiary/aromatic N) is 3. The standard InChI is InChI=1S/C37H46ClN3O5/c1-7-20-39(22-26-15-11-10-12-16-26)33(43)29-30-34(44)41(28(23-42)24(4)5)32(37(30)19-18-36(29,9-3)46-37)35(45)40(21-8-2)31-25(6)14-13-17-27(31)38/h7-8,10-17,24,28-30,32,42H,1-2,9,18-23H2,3-6H3/t28-,29-,30-,32?,36+,37?/m0/s1. The van der Waals surface area contributed by atoms with Crippen LogP contribution in [0.15, 0.2) is 73.8 Å². The van der Waals surface area contributed by atoms with E-state index in [0.29, 0.717) is 43.1 Å². The van der Waals surface area contributed by atoms with Gasteiger partial charge in [-0.1, -0.05) is 87.0 Å². The molecule has 2 aromatic rings. The maximum Gasteiger partial charge on any atom is 0.253 e. The van der Waals surface area contributed by atoms with Crippen molar-refractivity contribution in [2.75, 3.05) is 24.6 Å². The van der Waals surface area contributed by atoms with Crippen LogP contribution >= 0.6 is 11.6 Å². The van der Waals surface area contributed by atoms with Crippen LogP contribution in [0, 0.1) is 24.7 Å². The number of carbonyl (C=O) groups is 3. The molecule has 0 aromatic heterocycles. The van der Waals surface area contributed by atoms with Crippen molar-refractivity contribution < 1.29 is 24.2 Å². The molecule has 2 aromatic carbocycles. The number of benzene rings is 2. The first-order valence-corrected chi connectivity index (χ1v) is 16.6. The minimum atomic E-state index is -1.26. The third kappa shape index (κ3) is 5.38. The second-order valence-electron chi connectivity index (χ2n) is 13.2. The summed E-state index contributed by atoms with van der Waals surface area (Å²) in [7, 11) is 0. The van der Waals surface area contributed by atoms with Crippen molar-refractivity contribution >= 4 is 35.0 Å². The molecule has 1 spiro atoms. The number of aryl methyl sites for hydroxylation is 1. The van der Waals surface area contributed by atoms with Gasteiger partial charge in [0.05, 0.1) is 40.8 Å². The third-order valence-corrected chi connectivity index (χ3v) is 10.7. The number of hydrogen-bond acceptors (Lipinski definition) is 5. The number of fused-ring (bicyclic) bond motifs is 1. The van der Waals surface area contributed by atoms with E-state index in [2.05, 4.69) is 13.2 Å². The van der Waals surface area contributed by atoms with Gasteiger partial charge in [-0.15, -0.1) is 13.2 Å². The molecule has 3 amide bonds. The first-order chi connectivity index (χ1) is 22.0. The highest BCUT2D eigenvalue weighted by Crippen LogP contribution is 2.65. The van der Waals surface area contributed by atoms with E-state index in [0.717, 1.165) is 11.1 Å². The SMILES string of the molecule is C=CCN(Cc1ccccc1)C(=O)[C@@H]1[C@H]2C(=O)N([C@@H](CO)C(C)C)C(C(=O)N(CC=C)c3c(C)cccc3Cl)C23CC[C@@]1(CC)O3. The maximum atomic E-state index is 15.1. The van der Waals surface area contributed by atoms with Gasteiger partial charge in [0.1, 0.15) is 11.6 Å². The fourth-order valence-corrected chi connectivity index (χ4v) is 8.53. The molecule has 9 heteroatoms. The molecule has 2 unspecified atom stereocenters. The Hall–Kier alpha value is -3.46. The lowest BCUT2D eigenvalue weighted by molar-refractivity contribution is -0.154. The van der Waals surface area contributed by atoms with Gasteiger partial charge in [-0.05, 0) is 49.3 Å². The number of aliphatic hydroxyl groups is 1. The van der Waals surface area contributed by atoms with E-state index in [1.165, 1.54) is 0 Å². The number of rotatable bonds is 13. The maximum absolute atomic E-state index is 15.1. The van der Waals surface area contributed by atoms with Gasteiger partial charge in [0.25, 0.3) is 5.91 Å². The molecule has 246 valence electrons. The molecule has 2 bridgehead atoms. The van der Waals surface area contributed by atoms with Gasteiger partial charge in [-0.2, -0.15) is 0 Å². The Morgan fingerprint density at radius 1 is 1.09 bits per heavy atom. The van der Waals surface area contributed by atoms with Crippen LogP contribution in [-0.4, -0.2) is 75.6 Å². The molecule has 3 saturated heterocycles. The number of anilines is 1. The molecule has 5 rings (SSSR count). The Morgan fingerprint density at radius 2 is 1.78 bits per heavy atom. The van der Waals surface area contributed by atoms with Gasteiger partial charge in [-0.3, -0.25) is 14.4 Å². The quantitative estimate of drug-likeness (QED) is 0.288. The Balaban J connectivity index is 1.65. The zero-order chi connectivity index (χ0) is 33.4. The van der Waals surface area contributed by atoms with Crippen molar-refractivity contribution in [3.8, 4) is 0 Å². The van der Waals surface area contributed by atoms with Gasteiger partial charge in [-0.25, -0.2) is 0 Å². The summed E-state index contributed by atoms with van der Waals surface area (Å²) >= 11 is 6.71. The van der Waals surface area contributed by atoms with Gasteiger partial charge in [0, 0.05) is 19.6 Å². The first kappa shape index (κ1) is 33.9. The fraction of sp³-hybridized carbons (Fsp3) is 0.486. The molecule has 6 atom stereocenters. The number of halogens is 1. The molecule has 0 saturated carbocycles. The number of ether oxygens (including phenoxy) is 1. The lowest BCUT2D eigenvalue weighted by Crippen LogP contribution is -2.60. The number of carbonyl (C=O) groups excluding carboxylic acids is 3. The van der Waals surface area contributed by atoms with Crippen molar-refractivity contribution in [3.05, 3.63) is 90.0 Å². The van der Waals surface area contributed by atoms with Crippen molar-refractivity contribution in [1.29, 1.82) is 0 Å². The van der Waals surface area contributed by atoms with Gasteiger partial charge >= 0.3 is 0 Å². The Morgan fingerprint density at radius 3 is 2.37 bits per heavy atom. The van der Waals surface area contributed by atoms with Gasteiger partial charge in [0.15, 0.2) is 0 Å². The molecule has 1 N–H and O–H groups in total.